The Kier molecular flexibility index (Phi) is 10.0. The Hall–Kier alpha value is -5.29. The molecule has 6 aliphatic rings. The molecule has 2 unspecified atom stereocenters. The van der Waals surface area contributed by atoms with Crippen LogP contribution in [0.15, 0.2) is 54.6 Å². The predicted molar refractivity (Wildman–Crippen MR) is 220 cm³/mol. The lowest BCUT2D eigenvalue weighted by Crippen LogP contribution is -2.54. The molecule has 5 amide bonds. The normalized spacial score (nSPS) is 23.8. The van der Waals surface area contributed by atoms with Crippen molar-refractivity contribution < 1.29 is 28.7 Å². The largest absolute Gasteiger partial charge is 0.377 e. The molecule has 3 aromatic carbocycles. The van der Waals surface area contributed by atoms with Gasteiger partial charge in [-0.05, 0) is 117 Å². The molecule has 0 bridgehead atoms. The molecular formula is C45H48ClN7O6. The highest BCUT2D eigenvalue weighted by Crippen LogP contribution is 2.46. The molecule has 14 heteroatoms. The second-order valence-electron chi connectivity index (χ2n) is 17.4. The van der Waals surface area contributed by atoms with E-state index in [4.69, 9.17) is 16.3 Å². The minimum Gasteiger partial charge on any atom is -0.377 e. The van der Waals surface area contributed by atoms with Crippen molar-refractivity contribution in [2.24, 2.45) is 5.41 Å². The van der Waals surface area contributed by atoms with Crippen LogP contribution in [0.5, 0.6) is 0 Å². The number of halogens is 1. The summed E-state index contributed by atoms with van der Waals surface area (Å²) in [4.78, 5) is 74.7. The van der Waals surface area contributed by atoms with E-state index in [0.29, 0.717) is 78.9 Å². The van der Waals surface area contributed by atoms with Crippen molar-refractivity contribution in [3.63, 3.8) is 0 Å². The van der Waals surface area contributed by atoms with Crippen LogP contribution in [0.25, 0.3) is 0 Å². The first-order valence-corrected chi connectivity index (χ1v) is 21.0. The zero-order valence-corrected chi connectivity index (χ0v) is 34.2. The molecule has 0 radical (unpaired) electrons. The number of carbonyl (C=O) groups excluding carboxylic acids is 5. The van der Waals surface area contributed by atoms with Gasteiger partial charge in [-0.3, -0.25) is 39.1 Å². The minimum atomic E-state index is -0.989. The number of anilines is 2. The topological polar surface area (TPSA) is 147 Å². The molecule has 0 aromatic heterocycles. The quantitative estimate of drug-likeness (QED) is 0.319. The molecule has 0 aliphatic carbocycles. The van der Waals surface area contributed by atoms with Crippen LogP contribution in [0, 0.1) is 16.7 Å². The molecule has 6 heterocycles. The molecule has 0 saturated carbocycles. The van der Waals surface area contributed by atoms with E-state index in [1.807, 2.05) is 35.2 Å². The number of rotatable bonds is 7. The molecule has 1 spiro atoms. The fraction of sp³-hybridized carbons (Fsp3) is 0.467. The van der Waals surface area contributed by atoms with Crippen LogP contribution in [-0.2, 0) is 27.4 Å². The van der Waals surface area contributed by atoms with Crippen molar-refractivity contribution in [3.05, 3.63) is 93.0 Å². The van der Waals surface area contributed by atoms with Gasteiger partial charge in [0.1, 0.15) is 12.1 Å². The van der Waals surface area contributed by atoms with Crippen LogP contribution in [0.4, 0.5) is 11.4 Å². The second-order valence-corrected chi connectivity index (χ2v) is 17.8. The number of ether oxygens (including phenoxy) is 1. The first kappa shape index (κ1) is 39.2. The van der Waals surface area contributed by atoms with Gasteiger partial charge in [-0.15, -0.1) is 0 Å². The van der Waals surface area contributed by atoms with E-state index >= 15 is 0 Å². The minimum absolute atomic E-state index is 0.0190. The Morgan fingerprint density at radius 1 is 0.898 bits per heavy atom. The number of carbonyl (C=O) groups is 5. The maximum atomic E-state index is 13.7. The summed E-state index contributed by atoms with van der Waals surface area (Å²) in [6.07, 6.45) is 4.86. The summed E-state index contributed by atoms with van der Waals surface area (Å²) in [7, 11) is 1.73. The first-order valence-electron chi connectivity index (χ1n) is 20.6. The molecule has 4 fully saturated rings. The summed E-state index contributed by atoms with van der Waals surface area (Å²) in [5.74, 6) is -2.00. The third-order valence-corrected chi connectivity index (χ3v) is 14.2. The fourth-order valence-corrected chi connectivity index (χ4v) is 10.8. The lowest BCUT2D eigenvalue weighted by molar-refractivity contribution is -0.136. The van der Waals surface area contributed by atoms with E-state index in [9.17, 15) is 29.2 Å². The molecule has 59 heavy (non-hydrogen) atoms. The van der Waals surface area contributed by atoms with Crippen molar-refractivity contribution >= 4 is 52.5 Å². The van der Waals surface area contributed by atoms with Gasteiger partial charge in [-0.2, -0.15) is 5.26 Å². The summed E-state index contributed by atoms with van der Waals surface area (Å²) in [5.41, 5.74) is 5.69. The Labute approximate surface area is 348 Å². The van der Waals surface area contributed by atoms with Gasteiger partial charge in [0.15, 0.2) is 0 Å². The number of benzene rings is 3. The Morgan fingerprint density at radius 2 is 1.54 bits per heavy atom. The summed E-state index contributed by atoms with van der Waals surface area (Å²) in [5, 5.41) is 12.0. The third kappa shape index (κ3) is 7.04. The van der Waals surface area contributed by atoms with E-state index in [1.54, 1.807) is 19.2 Å². The van der Waals surface area contributed by atoms with Crippen LogP contribution >= 0.6 is 11.6 Å². The van der Waals surface area contributed by atoms with E-state index in [0.717, 1.165) is 66.3 Å². The lowest BCUT2D eigenvalue weighted by Gasteiger charge is -2.43. The molecule has 6 aliphatic heterocycles. The lowest BCUT2D eigenvalue weighted by atomic mass is 9.76. The Morgan fingerprint density at radius 3 is 2.14 bits per heavy atom. The Bertz CT molecular complexity index is 2250. The number of nitriles is 1. The molecule has 306 valence electrons. The van der Waals surface area contributed by atoms with Gasteiger partial charge >= 0.3 is 0 Å². The molecule has 2 atom stereocenters. The van der Waals surface area contributed by atoms with Crippen LogP contribution in [0.3, 0.4) is 0 Å². The number of imide groups is 2. The summed E-state index contributed by atoms with van der Waals surface area (Å²) in [6.45, 7) is 8.12. The molecule has 1 N–H and O–H groups in total. The second kappa shape index (κ2) is 15.1. The van der Waals surface area contributed by atoms with Crippen LogP contribution in [-0.4, -0.2) is 108 Å². The number of methoxy groups -OCH3 is 1. The van der Waals surface area contributed by atoms with E-state index in [2.05, 4.69) is 45.1 Å². The van der Waals surface area contributed by atoms with Gasteiger partial charge in [0.25, 0.3) is 17.7 Å². The highest BCUT2D eigenvalue weighted by atomic mass is 35.5. The van der Waals surface area contributed by atoms with Gasteiger partial charge in [-0.25, -0.2) is 0 Å². The zero-order chi connectivity index (χ0) is 41.2. The van der Waals surface area contributed by atoms with Crippen molar-refractivity contribution in [2.75, 3.05) is 56.2 Å². The number of amides is 5. The molecule has 9 rings (SSSR count). The van der Waals surface area contributed by atoms with Crippen LogP contribution in [0.1, 0.15) is 99.6 Å². The van der Waals surface area contributed by atoms with Gasteiger partial charge in [0.05, 0.1) is 27.3 Å². The van der Waals surface area contributed by atoms with Crippen LogP contribution < -0.4 is 15.1 Å². The van der Waals surface area contributed by atoms with Gasteiger partial charge in [0.2, 0.25) is 11.8 Å². The smallest absolute Gasteiger partial charge is 0.262 e. The molecule has 3 aromatic rings. The highest BCUT2D eigenvalue weighted by molar-refractivity contribution is 6.32. The van der Waals surface area contributed by atoms with E-state index in [1.165, 1.54) is 0 Å². The van der Waals surface area contributed by atoms with E-state index in [-0.39, 0.29) is 24.2 Å². The number of likely N-dealkylation sites (tertiary alicyclic amines) is 1. The third-order valence-electron chi connectivity index (χ3n) is 13.9. The SMILES string of the molecule is COC1(CN2Cc3cc4c(cc3C2)C(=O)N(C2CCC(=O)NC2=O)C4=O)CCN(C(=O)c2ccc(N3CCC4(CC3)CC(C)N(c3ccc(C#N)c(Cl)c3)C4)cc2)CC1. The van der Waals surface area contributed by atoms with Gasteiger partial charge in [-0.1, -0.05) is 11.6 Å². The molecule has 13 nitrogen and oxygen atoms in total. The number of fused-ring (bicyclic) bond motifs is 2. The summed E-state index contributed by atoms with van der Waals surface area (Å²) < 4.78 is 6.17. The number of nitrogens with one attached hydrogen (secondary N) is 1. The summed E-state index contributed by atoms with van der Waals surface area (Å²) >= 11 is 6.38. The summed E-state index contributed by atoms with van der Waals surface area (Å²) in [6, 6.07) is 18.9. The number of hydrogen-bond donors (Lipinski definition) is 1. The van der Waals surface area contributed by atoms with Gasteiger partial charge in [0, 0.05) is 88.9 Å². The fourth-order valence-electron chi connectivity index (χ4n) is 10.5. The average Bonchev–Trinajstić information content (AvgIpc) is 3.86. The number of hydrogen-bond acceptors (Lipinski definition) is 10. The average molecular weight is 818 g/mol. The Balaban J connectivity index is 0.771. The molecule has 4 saturated heterocycles. The van der Waals surface area contributed by atoms with Crippen molar-refractivity contribution in [2.45, 2.75) is 82.6 Å². The van der Waals surface area contributed by atoms with Crippen molar-refractivity contribution in [3.8, 4) is 6.07 Å². The maximum Gasteiger partial charge on any atom is 0.262 e. The monoisotopic (exact) mass is 817 g/mol. The van der Waals surface area contributed by atoms with Gasteiger partial charge < -0.3 is 19.4 Å². The predicted octanol–water partition coefficient (Wildman–Crippen LogP) is 5.14. The van der Waals surface area contributed by atoms with Crippen molar-refractivity contribution in [1.82, 2.24) is 20.0 Å². The number of piperidine rings is 3. The zero-order valence-electron chi connectivity index (χ0n) is 33.5. The first-order chi connectivity index (χ1) is 28.4. The van der Waals surface area contributed by atoms with Crippen molar-refractivity contribution in [1.29, 1.82) is 5.26 Å². The maximum absolute atomic E-state index is 13.7. The molecular weight excluding hydrogens is 770 g/mol. The number of nitrogens with zero attached hydrogens (tertiary/aromatic N) is 6. The standard InChI is InChI=1S/C45H48ClN7O6/c1-28-22-44(26-52(28)34-8-5-30(23-47)37(46)21-34)11-15-50(16-12-44)33-6-3-29(4-7-33)41(56)51-17-13-45(59-2,14-18-51)27-49-24-31-19-35-36(20-32(31)25-49)43(58)53(42(35)57)38-9-10-39(54)48-40(38)55/h3-8,19-21,28,38H,9-18,22,24-27H2,1-2H3,(H,48,54,55). The highest BCUT2D eigenvalue weighted by Gasteiger charge is 2.47. The van der Waals surface area contributed by atoms with E-state index < -0.39 is 35.3 Å². The van der Waals surface area contributed by atoms with Crippen LogP contribution in [0.2, 0.25) is 5.02 Å².